The molecular weight excluding hydrogens is 318 g/mol. The maximum atomic E-state index is 13.0. The molecule has 4 fully saturated rings. The molecule has 2 bridgehead atoms. The Balaban J connectivity index is 1.36. The number of aliphatic hydroxyl groups is 1. The number of Topliss-reactive ketones (excluding diaryl/α,β-unsaturated/α-hetero) is 1. The average Bonchev–Trinajstić information content (AvgIpc) is 2.61. The Hall–Kier alpha value is -0.940. The molecule has 1 N–H and O–H groups in total. The monoisotopic (exact) mass is 349 g/mol. The van der Waals surface area contributed by atoms with E-state index in [-0.39, 0.29) is 41.3 Å². The van der Waals surface area contributed by atoms with Crippen molar-refractivity contribution >= 4 is 11.7 Å². The van der Waals surface area contributed by atoms with Crippen LogP contribution in [0.25, 0.3) is 0 Å². The van der Waals surface area contributed by atoms with Gasteiger partial charge in [0.05, 0.1) is 12.2 Å². The van der Waals surface area contributed by atoms with Crippen LogP contribution in [0.1, 0.15) is 58.3 Å². The van der Waals surface area contributed by atoms with E-state index in [9.17, 15) is 14.7 Å². The molecule has 3 saturated carbocycles. The molecule has 4 rings (SSSR count). The quantitative estimate of drug-likeness (QED) is 0.848. The van der Waals surface area contributed by atoms with Crippen LogP contribution in [-0.2, 0) is 14.3 Å². The minimum absolute atomic E-state index is 0.0380. The van der Waals surface area contributed by atoms with Crippen molar-refractivity contribution < 1.29 is 19.4 Å². The Labute approximate surface area is 150 Å². The fourth-order valence-corrected chi connectivity index (χ4v) is 5.90. The standard InChI is InChI=1S/C20H31NO4/c1-2-25-17-12-16(22)20(17)6-8-21(9-7-20)19(24)15-10-13-4-3-5-14(11-15)18(13)23/h13-17,22H,2-12H2,1H3/t13-,14+,15?,16-,17+/m0/s1. The fourth-order valence-electron chi connectivity index (χ4n) is 5.90. The molecule has 1 aliphatic heterocycles. The van der Waals surface area contributed by atoms with Gasteiger partial charge >= 0.3 is 0 Å². The number of likely N-dealkylation sites (tertiary alicyclic amines) is 1. The zero-order valence-electron chi connectivity index (χ0n) is 15.3. The van der Waals surface area contributed by atoms with E-state index in [2.05, 4.69) is 0 Å². The number of carbonyl (C=O) groups excluding carboxylic acids is 2. The molecule has 140 valence electrons. The van der Waals surface area contributed by atoms with Crippen LogP contribution in [-0.4, -0.2) is 53.6 Å². The SMILES string of the molecule is CCO[C@@H]1C[C@H](O)C12CCN(C(=O)C1C[C@H]3CCC[C@@H](C1)C3=O)CC2. The second kappa shape index (κ2) is 6.66. The summed E-state index contributed by atoms with van der Waals surface area (Å²) in [6, 6.07) is 0. The number of piperidine rings is 1. The van der Waals surface area contributed by atoms with Crippen LogP contribution < -0.4 is 0 Å². The predicted molar refractivity (Wildman–Crippen MR) is 92.8 cm³/mol. The van der Waals surface area contributed by atoms with Gasteiger partial charge in [-0.05, 0) is 45.4 Å². The van der Waals surface area contributed by atoms with Crippen molar-refractivity contribution in [1.29, 1.82) is 0 Å². The third-order valence-corrected chi connectivity index (χ3v) is 7.51. The van der Waals surface area contributed by atoms with Gasteiger partial charge < -0.3 is 14.7 Å². The van der Waals surface area contributed by atoms with Gasteiger partial charge in [0.1, 0.15) is 5.78 Å². The van der Waals surface area contributed by atoms with E-state index >= 15 is 0 Å². The lowest BCUT2D eigenvalue weighted by atomic mass is 9.58. The van der Waals surface area contributed by atoms with Gasteiger partial charge in [0, 0.05) is 49.3 Å². The summed E-state index contributed by atoms with van der Waals surface area (Å²) in [4.78, 5) is 27.3. The van der Waals surface area contributed by atoms with Crippen molar-refractivity contribution in [3.8, 4) is 0 Å². The largest absolute Gasteiger partial charge is 0.392 e. The smallest absolute Gasteiger partial charge is 0.225 e. The normalized spacial score (nSPS) is 40.0. The van der Waals surface area contributed by atoms with E-state index in [1.807, 2.05) is 11.8 Å². The first-order valence-corrected chi connectivity index (χ1v) is 10.2. The lowest BCUT2D eigenvalue weighted by molar-refractivity contribution is -0.210. The van der Waals surface area contributed by atoms with Crippen LogP contribution in [0.4, 0.5) is 0 Å². The third-order valence-electron chi connectivity index (χ3n) is 7.51. The highest BCUT2D eigenvalue weighted by molar-refractivity contribution is 5.88. The number of fused-ring (bicyclic) bond motifs is 2. The summed E-state index contributed by atoms with van der Waals surface area (Å²) in [7, 11) is 0. The molecule has 25 heavy (non-hydrogen) atoms. The Morgan fingerprint density at radius 3 is 2.40 bits per heavy atom. The molecule has 3 aliphatic carbocycles. The van der Waals surface area contributed by atoms with Crippen LogP contribution in [0.5, 0.6) is 0 Å². The van der Waals surface area contributed by atoms with E-state index in [0.29, 0.717) is 12.4 Å². The van der Waals surface area contributed by atoms with Crippen LogP contribution in [0.2, 0.25) is 0 Å². The van der Waals surface area contributed by atoms with E-state index in [4.69, 9.17) is 4.74 Å². The van der Waals surface area contributed by atoms with Crippen LogP contribution in [0.15, 0.2) is 0 Å². The molecule has 4 aliphatic rings. The second-order valence-corrected chi connectivity index (χ2v) is 8.65. The van der Waals surface area contributed by atoms with Gasteiger partial charge in [-0.1, -0.05) is 6.42 Å². The lowest BCUT2D eigenvalue weighted by Gasteiger charge is -2.56. The number of hydrogen-bond donors (Lipinski definition) is 1. The zero-order valence-corrected chi connectivity index (χ0v) is 15.3. The molecule has 5 nitrogen and oxygen atoms in total. The minimum atomic E-state index is -0.284. The summed E-state index contributed by atoms with van der Waals surface area (Å²) in [6.45, 7) is 4.12. The van der Waals surface area contributed by atoms with Crippen molar-refractivity contribution in [2.45, 2.75) is 70.5 Å². The Kier molecular flexibility index (Phi) is 4.65. The molecule has 1 saturated heterocycles. The summed E-state index contributed by atoms with van der Waals surface area (Å²) in [6.07, 6.45) is 6.89. The van der Waals surface area contributed by atoms with E-state index in [1.54, 1.807) is 0 Å². The topological polar surface area (TPSA) is 66.8 Å². The molecule has 1 spiro atoms. The number of amides is 1. The molecule has 1 unspecified atom stereocenters. The first-order chi connectivity index (χ1) is 12.0. The second-order valence-electron chi connectivity index (χ2n) is 8.65. The van der Waals surface area contributed by atoms with Crippen molar-refractivity contribution in [3.05, 3.63) is 0 Å². The lowest BCUT2D eigenvalue weighted by Crippen LogP contribution is -2.63. The molecule has 0 radical (unpaired) electrons. The molecule has 5 atom stereocenters. The third kappa shape index (κ3) is 2.84. The number of nitrogens with zero attached hydrogens (tertiary/aromatic N) is 1. The highest BCUT2D eigenvalue weighted by Crippen LogP contribution is 2.51. The van der Waals surface area contributed by atoms with Crippen molar-refractivity contribution in [3.63, 3.8) is 0 Å². The number of hydrogen-bond acceptors (Lipinski definition) is 4. The van der Waals surface area contributed by atoms with Crippen LogP contribution >= 0.6 is 0 Å². The summed E-state index contributed by atoms with van der Waals surface area (Å²) in [5.74, 6) is 0.976. The van der Waals surface area contributed by atoms with Gasteiger partial charge in [-0.2, -0.15) is 0 Å². The average molecular weight is 349 g/mol. The van der Waals surface area contributed by atoms with Gasteiger partial charge in [-0.15, -0.1) is 0 Å². The van der Waals surface area contributed by atoms with Crippen LogP contribution in [0.3, 0.4) is 0 Å². The number of aliphatic hydroxyl groups excluding tert-OH is 1. The molecular formula is C20H31NO4. The molecule has 0 aromatic heterocycles. The van der Waals surface area contributed by atoms with Gasteiger partial charge in [-0.3, -0.25) is 9.59 Å². The van der Waals surface area contributed by atoms with Crippen LogP contribution in [0, 0.1) is 23.2 Å². The number of ether oxygens (including phenoxy) is 1. The van der Waals surface area contributed by atoms with Crippen molar-refractivity contribution in [1.82, 2.24) is 4.90 Å². The first-order valence-electron chi connectivity index (χ1n) is 10.2. The molecule has 0 aromatic rings. The van der Waals surface area contributed by atoms with E-state index < -0.39 is 0 Å². The Morgan fingerprint density at radius 1 is 1.20 bits per heavy atom. The van der Waals surface area contributed by atoms with Gasteiger partial charge in [0.25, 0.3) is 0 Å². The highest BCUT2D eigenvalue weighted by Gasteiger charge is 2.56. The van der Waals surface area contributed by atoms with Gasteiger partial charge in [0.2, 0.25) is 5.91 Å². The Bertz CT molecular complexity index is 522. The summed E-state index contributed by atoms with van der Waals surface area (Å²) < 4.78 is 5.81. The maximum absolute atomic E-state index is 13.0. The first kappa shape index (κ1) is 17.5. The molecule has 1 heterocycles. The predicted octanol–water partition coefficient (Wildman–Crippen LogP) is 2.16. The molecule has 0 aromatic carbocycles. The summed E-state index contributed by atoms with van der Waals surface area (Å²) in [5.41, 5.74) is -0.133. The number of ketones is 1. The fraction of sp³-hybridized carbons (Fsp3) is 0.900. The minimum Gasteiger partial charge on any atom is -0.392 e. The van der Waals surface area contributed by atoms with Crippen molar-refractivity contribution in [2.24, 2.45) is 23.2 Å². The van der Waals surface area contributed by atoms with Crippen molar-refractivity contribution in [2.75, 3.05) is 19.7 Å². The number of carbonyl (C=O) groups is 2. The number of rotatable bonds is 3. The van der Waals surface area contributed by atoms with Gasteiger partial charge in [0.15, 0.2) is 0 Å². The summed E-state index contributed by atoms with van der Waals surface area (Å²) in [5, 5.41) is 10.3. The zero-order chi connectivity index (χ0) is 17.6. The molecule has 5 heteroatoms. The highest BCUT2D eigenvalue weighted by atomic mass is 16.5. The Morgan fingerprint density at radius 2 is 1.84 bits per heavy atom. The summed E-state index contributed by atoms with van der Waals surface area (Å²) >= 11 is 0. The van der Waals surface area contributed by atoms with E-state index in [1.165, 1.54) is 0 Å². The van der Waals surface area contributed by atoms with E-state index in [0.717, 1.165) is 64.5 Å². The van der Waals surface area contributed by atoms with Gasteiger partial charge in [-0.25, -0.2) is 0 Å². The maximum Gasteiger partial charge on any atom is 0.225 e. The molecule has 1 amide bonds.